The summed E-state index contributed by atoms with van der Waals surface area (Å²) in [6.07, 6.45) is 1.55. The first kappa shape index (κ1) is 15.3. The van der Waals surface area contributed by atoms with Crippen molar-refractivity contribution in [3.05, 3.63) is 47.6 Å². The van der Waals surface area contributed by atoms with E-state index in [9.17, 15) is 9.59 Å². The first-order valence-electron chi connectivity index (χ1n) is 6.91. The van der Waals surface area contributed by atoms with Gasteiger partial charge in [0.2, 0.25) is 0 Å². The molecule has 0 saturated carbocycles. The molecule has 2 aromatic rings. The molecule has 2 heterocycles. The second-order valence-electron chi connectivity index (χ2n) is 5.26. The molecule has 1 N–H and O–H groups in total. The predicted molar refractivity (Wildman–Crippen MR) is 86.8 cm³/mol. The second-order valence-corrected chi connectivity index (χ2v) is 5.67. The zero-order chi connectivity index (χ0) is 16.6. The summed E-state index contributed by atoms with van der Waals surface area (Å²) >= 11 is 6.04. The molecular weight excluding hydrogens is 318 g/mol. The maximum Gasteiger partial charge on any atom is 0.281 e. The molecular formula is C16H14ClN3O3. The zero-order valence-corrected chi connectivity index (χ0v) is 13.3. The standard InChI is InChI=1S/C16H14ClN3O3/c1-16(14(21)19-11-7-4-3-6-10(11)17)15(22)20(2)13-12(23-16)8-5-9-18-13/h3-9H,1-2H3,(H,19,21). The van der Waals surface area contributed by atoms with Crippen LogP contribution in [0.1, 0.15) is 6.92 Å². The van der Waals surface area contributed by atoms with Gasteiger partial charge in [-0.2, -0.15) is 0 Å². The summed E-state index contributed by atoms with van der Waals surface area (Å²) in [6, 6.07) is 10.1. The first-order valence-corrected chi connectivity index (χ1v) is 7.29. The summed E-state index contributed by atoms with van der Waals surface area (Å²) in [6.45, 7) is 1.42. The third kappa shape index (κ3) is 2.51. The van der Waals surface area contributed by atoms with E-state index in [0.717, 1.165) is 0 Å². The monoisotopic (exact) mass is 331 g/mol. The summed E-state index contributed by atoms with van der Waals surface area (Å²) in [4.78, 5) is 30.6. The van der Waals surface area contributed by atoms with Gasteiger partial charge in [0, 0.05) is 13.2 Å². The van der Waals surface area contributed by atoms with Crippen LogP contribution in [0.25, 0.3) is 0 Å². The number of benzene rings is 1. The van der Waals surface area contributed by atoms with Crippen molar-refractivity contribution in [1.29, 1.82) is 0 Å². The highest BCUT2D eigenvalue weighted by Gasteiger charge is 2.50. The number of nitrogens with zero attached hydrogens (tertiary/aromatic N) is 2. The number of hydrogen-bond acceptors (Lipinski definition) is 4. The molecule has 1 unspecified atom stereocenters. The van der Waals surface area contributed by atoms with Gasteiger partial charge in [0.1, 0.15) is 0 Å². The van der Waals surface area contributed by atoms with Crippen molar-refractivity contribution >= 4 is 34.9 Å². The van der Waals surface area contributed by atoms with E-state index >= 15 is 0 Å². The molecule has 6 nitrogen and oxygen atoms in total. The number of ether oxygens (including phenoxy) is 1. The first-order chi connectivity index (χ1) is 10.9. The highest BCUT2D eigenvalue weighted by atomic mass is 35.5. The fraction of sp³-hybridized carbons (Fsp3) is 0.188. The Morgan fingerprint density at radius 2 is 2.04 bits per heavy atom. The molecule has 2 amide bonds. The van der Waals surface area contributed by atoms with E-state index in [4.69, 9.17) is 16.3 Å². The highest BCUT2D eigenvalue weighted by molar-refractivity contribution is 6.34. The lowest BCUT2D eigenvalue weighted by Crippen LogP contribution is -2.60. The average Bonchev–Trinajstić information content (AvgIpc) is 2.55. The summed E-state index contributed by atoms with van der Waals surface area (Å²) in [5.41, 5.74) is -1.29. The molecule has 3 rings (SSSR count). The fourth-order valence-corrected chi connectivity index (χ4v) is 2.52. The molecule has 0 fully saturated rings. The number of halogens is 1. The van der Waals surface area contributed by atoms with E-state index in [1.807, 2.05) is 0 Å². The number of carbonyl (C=O) groups is 2. The maximum atomic E-state index is 12.6. The molecule has 0 aliphatic carbocycles. The lowest BCUT2D eigenvalue weighted by molar-refractivity contribution is -0.145. The largest absolute Gasteiger partial charge is 0.464 e. The van der Waals surface area contributed by atoms with Crippen LogP contribution in [0.2, 0.25) is 5.02 Å². The lowest BCUT2D eigenvalue weighted by atomic mass is 10.0. The smallest absolute Gasteiger partial charge is 0.281 e. The van der Waals surface area contributed by atoms with E-state index in [2.05, 4.69) is 10.3 Å². The maximum absolute atomic E-state index is 12.6. The Morgan fingerprint density at radius 1 is 1.30 bits per heavy atom. The molecule has 0 bridgehead atoms. The minimum Gasteiger partial charge on any atom is -0.464 e. The minimum atomic E-state index is -1.70. The van der Waals surface area contributed by atoms with E-state index in [1.54, 1.807) is 49.6 Å². The van der Waals surface area contributed by atoms with Gasteiger partial charge in [-0.3, -0.25) is 14.5 Å². The number of para-hydroxylation sites is 1. The number of amides is 2. The van der Waals surface area contributed by atoms with Crippen LogP contribution in [0.5, 0.6) is 5.75 Å². The van der Waals surface area contributed by atoms with Gasteiger partial charge in [0.25, 0.3) is 17.4 Å². The third-order valence-corrected chi connectivity index (χ3v) is 3.98. The van der Waals surface area contributed by atoms with Crippen LogP contribution in [0, 0.1) is 0 Å². The van der Waals surface area contributed by atoms with Crippen LogP contribution < -0.4 is 15.0 Å². The van der Waals surface area contributed by atoms with Crippen LogP contribution in [0.4, 0.5) is 11.5 Å². The number of carbonyl (C=O) groups excluding carboxylic acids is 2. The van der Waals surface area contributed by atoms with E-state index in [1.165, 1.54) is 11.8 Å². The van der Waals surface area contributed by atoms with Crippen molar-refractivity contribution < 1.29 is 14.3 Å². The fourth-order valence-electron chi connectivity index (χ4n) is 2.34. The number of rotatable bonds is 2. The SMILES string of the molecule is CN1C(=O)C(C)(C(=O)Nc2ccccc2Cl)Oc2cccnc21. The molecule has 1 atom stereocenters. The Bertz CT molecular complexity index is 796. The van der Waals surface area contributed by atoms with Crippen LogP contribution >= 0.6 is 11.6 Å². The third-order valence-electron chi connectivity index (χ3n) is 3.65. The molecule has 23 heavy (non-hydrogen) atoms. The molecule has 1 aliphatic heterocycles. The van der Waals surface area contributed by atoms with Gasteiger partial charge in [-0.1, -0.05) is 23.7 Å². The number of nitrogens with one attached hydrogen (secondary N) is 1. The Balaban J connectivity index is 1.94. The lowest BCUT2D eigenvalue weighted by Gasteiger charge is -2.36. The van der Waals surface area contributed by atoms with Gasteiger partial charge < -0.3 is 10.1 Å². The van der Waals surface area contributed by atoms with Gasteiger partial charge in [-0.15, -0.1) is 0 Å². The number of anilines is 2. The number of likely N-dealkylation sites (N-methyl/N-ethyl adjacent to an activating group) is 1. The molecule has 1 aliphatic rings. The highest BCUT2D eigenvalue weighted by Crippen LogP contribution is 2.35. The van der Waals surface area contributed by atoms with Gasteiger partial charge in [0.05, 0.1) is 10.7 Å². The molecule has 0 radical (unpaired) electrons. The number of pyridine rings is 1. The van der Waals surface area contributed by atoms with Gasteiger partial charge >= 0.3 is 0 Å². The summed E-state index contributed by atoms with van der Waals surface area (Å²) in [7, 11) is 1.55. The van der Waals surface area contributed by atoms with Crippen molar-refractivity contribution in [2.45, 2.75) is 12.5 Å². The topological polar surface area (TPSA) is 71.5 Å². The zero-order valence-electron chi connectivity index (χ0n) is 12.5. The predicted octanol–water partition coefficient (Wildman–Crippen LogP) is 2.49. The quantitative estimate of drug-likeness (QED) is 0.858. The number of aromatic nitrogens is 1. The van der Waals surface area contributed by atoms with E-state index in [-0.39, 0.29) is 0 Å². The molecule has 0 spiro atoms. The van der Waals surface area contributed by atoms with Crippen LogP contribution in [-0.4, -0.2) is 29.4 Å². The Labute approximate surface area is 138 Å². The van der Waals surface area contributed by atoms with Gasteiger partial charge in [-0.25, -0.2) is 4.98 Å². The molecule has 1 aromatic carbocycles. The Hall–Kier alpha value is -2.60. The van der Waals surface area contributed by atoms with Crippen molar-refractivity contribution in [2.75, 3.05) is 17.3 Å². The number of fused-ring (bicyclic) bond motifs is 1. The molecule has 7 heteroatoms. The van der Waals surface area contributed by atoms with Crippen LogP contribution in [-0.2, 0) is 9.59 Å². The average molecular weight is 332 g/mol. The van der Waals surface area contributed by atoms with E-state index < -0.39 is 17.4 Å². The van der Waals surface area contributed by atoms with Crippen molar-refractivity contribution in [3.8, 4) is 5.75 Å². The van der Waals surface area contributed by atoms with Crippen molar-refractivity contribution in [1.82, 2.24) is 4.98 Å². The summed E-state index contributed by atoms with van der Waals surface area (Å²) < 4.78 is 5.67. The van der Waals surface area contributed by atoms with Crippen molar-refractivity contribution in [3.63, 3.8) is 0 Å². The summed E-state index contributed by atoms with van der Waals surface area (Å²) in [5.74, 6) is -0.364. The second kappa shape index (κ2) is 5.55. The van der Waals surface area contributed by atoms with E-state index in [0.29, 0.717) is 22.3 Å². The Morgan fingerprint density at radius 3 is 2.78 bits per heavy atom. The van der Waals surface area contributed by atoms with Crippen molar-refractivity contribution in [2.24, 2.45) is 0 Å². The Kier molecular flexibility index (Phi) is 3.69. The molecule has 1 aromatic heterocycles. The van der Waals surface area contributed by atoms with Crippen LogP contribution in [0.3, 0.4) is 0 Å². The number of hydrogen-bond donors (Lipinski definition) is 1. The van der Waals surface area contributed by atoms with Gasteiger partial charge in [-0.05, 0) is 31.2 Å². The van der Waals surface area contributed by atoms with Crippen LogP contribution in [0.15, 0.2) is 42.6 Å². The normalized spacial score (nSPS) is 19.8. The molecule has 118 valence electrons. The van der Waals surface area contributed by atoms with Gasteiger partial charge in [0.15, 0.2) is 11.6 Å². The molecule has 0 saturated heterocycles. The minimum absolute atomic E-state index is 0.367. The summed E-state index contributed by atoms with van der Waals surface area (Å²) in [5, 5.41) is 3.02.